The minimum atomic E-state index is -1.81. The van der Waals surface area contributed by atoms with Gasteiger partial charge in [-0.1, -0.05) is 12.1 Å². The van der Waals surface area contributed by atoms with Crippen molar-refractivity contribution in [2.24, 2.45) is 0 Å². The molecule has 15 heavy (non-hydrogen) atoms. The fourth-order valence-corrected chi connectivity index (χ4v) is 0.884. The molecule has 1 aromatic rings. The number of nitro groups is 1. The Kier molecular flexibility index (Phi) is 3.33. The van der Waals surface area contributed by atoms with E-state index in [1.54, 1.807) is 0 Å². The summed E-state index contributed by atoms with van der Waals surface area (Å²) in [6.45, 7) is 0.997. The number of nitro benzene ring substituents is 1. The highest BCUT2D eigenvalue weighted by atomic mass is 19.1. The van der Waals surface area contributed by atoms with Crippen LogP contribution in [0.4, 0.5) is 10.1 Å². The van der Waals surface area contributed by atoms with Gasteiger partial charge in [-0.25, -0.2) is 9.18 Å². The molecule has 1 unspecified atom stereocenters. The molecule has 0 aliphatic heterocycles. The third-order valence-electron chi connectivity index (χ3n) is 1.60. The SMILES string of the molecule is CC(F)C(=O)Oc1ccccc1[N+](=O)[O-]. The van der Waals surface area contributed by atoms with E-state index in [2.05, 4.69) is 4.74 Å². The van der Waals surface area contributed by atoms with Crippen LogP contribution in [0.2, 0.25) is 0 Å². The number of carbonyl (C=O) groups excluding carboxylic acids is 1. The van der Waals surface area contributed by atoms with Gasteiger partial charge in [-0.2, -0.15) is 0 Å². The first-order valence-corrected chi connectivity index (χ1v) is 4.11. The Bertz CT molecular complexity index is 391. The number of nitrogens with zero attached hydrogens (tertiary/aromatic N) is 1. The maximum absolute atomic E-state index is 12.5. The van der Waals surface area contributed by atoms with Crippen LogP contribution < -0.4 is 4.74 Å². The molecule has 6 heteroatoms. The lowest BCUT2D eigenvalue weighted by molar-refractivity contribution is -0.385. The number of hydrogen-bond donors (Lipinski definition) is 0. The molecule has 0 aliphatic rings. The molecule has 0 radical (unpaired) electrons. The normalized spacial score (nSPS) is 11.9. The van der Waals surface area contributed by atoms with Crippen molar-refractivity contribution < 1.29 is 18.8 Å². The average Bonchev–Trinajstić information content (AvgIpc) is 2.18. The second-order valence-corrected chi connectivity index (χ2v) is 2.76. The molecule has 0 amide bonds. The summed E-state index contributed by atoms with van der Waals surface area (Å²) in [5, 5.41) is 10.5. The Morgan fingerprint density at radius 2 is 2.13 bits per heavy atom. The Morgan fingerprint density at radius 3 is 2.67 bits per heavy atom. The first-order chi connectivity index (χ1) is 7.02. The monoisotopic (exact) mass is 213 g/mol. The maximum Gasteiger partial charge on any atom is 0.346 e. The smallest absolute Gasteiger partial charge is 0.346 e. The van der Waals surface area contributed by atoms with Crippen LogP contribution in [0.15, 0.2) is 24.3 Å². The van der Waals surface area contributed by atoms with Gasteiger partial charge < -0.3 is 4.74 Å². The minimum Gasteiger partial charge on any atom is -0.417 e. The zero-order chi connectivity index (χ0) is 11.4. The van der Waals surface area contributed by atoms with Crippen LogP contribution in [-0.4, -0.2) is 17.1 Å². The van der Waals surface area contributed by atoms with Crippen molar-refractivity contribution in [3.05, 3.63) is 34.4 Å². The van der Waals surface area contributed by atoms with E-state index in [1.165, 1.54) is 24.3 Å². The first-order valence-electron chi connectivity index (χ1n) is 4.11. The number of halogens is 1. The summed E-state index contributed by atoms with van der Waals surface area (Å²) in [5.74, 6) is -1.40. The van der Waals surface area contributed by atoms with Gasteiger partial charge >= 0.3 is 11.7 Å². The second kappa shape index (κ2) is 4.50. The van der Waals surface area contributed by atoms with Crippen LogP contribution in [-0.2, 0) is 4.79 Å². The lowest BCUT2D eigenvalue weighted by atomic mass is 10.3. The van der Waals surface area contributed by atoms with Crippen LogP contribution in [0, 0.1) is 10.1 Å². The summed E-state index contributed by atoms with van der Waals surface area (Å²) in [6.07, 6.45) is -1.81. The summed E-state index contributed by atoms with van der Waals surface area (Å²) >= 11 is 0. The Labute approximate surface area is 84.6 Å². The number of rotatable bonds is 3. The van der Waals surface area contributed by atoms with Gasteiger partial charge in [-0.05, 0) is 13.0 Å². The molecule has 0 bridgehead atoms. The number of esters is 1. The summed E-state index contributed by atoms with van der Waals surface area (Å²) < 4.78 is 17.0. The van der Waals surface area contributed by atoms with Crippen LogP contribution in [0.1, 0.15) is 6.92 Å². The van der Waals surface area contributed by atoms with Gasteiger partial charge in [0, 0.05) is 6.07 Å². The van der Waals surface area contributed by atoms with Gasteiger partial charge in [-0.15, -0.1) is 0 Å². The van der Waals surface area contributed by atoms with Crippen molar-refractivity contribution in [2.75, 3.05) is 0 Å². The largest absolute Gasteiger partial charge is 0.417 e. The molecular formula is C9H8FNO4. The zero-order valence-corrected chi connectivity index (χ0v) is 7.84. The predicted molar refractivity (Wildman–Crippen MR) is 49.3 cm³/mol. The molecule has 0 aliphatic carbocycles. The summed E-state index contributed by atoms with van der Waals surface area (Å²) in [4.78, 5) is 20.7. The van der Waals surface area contributed by atoms with Gasteiger partial charge in [0.1, 0.15) is 0 Å². The Balaban J connectivity index is 2.94. The highest BCUT2D eigenvalue weighted by Gasteiger charge is 2.20. The topological polar surface area (TPSA) is 69.4 Å². The highest BCUT2D eigenvalue weighted by molar-refractivity contribution is 5.77. The van der Waals surface area contributed by atoms with Crippen molar-refractivity contribution in [1.29, 1.82) is 0 Å². The van der Waals surface area contributed by atoms with Gasteiger partial charge in [0.2, 0.25) is 5.75 Å². The van der Waals surface area contributed by atoms with Crippen molar-refractivity contribution in [1.82, 2.24) is 0 Å². The molecule has 80 valence electrons. The Hall–Kier alpha value is -1.98. The lowest BCUT2D eigenvalue weighted by Gasteiger charge is -2.04. The molecule has 0 fully saturated rings. The van der Waals surface area contributed by atoms with Crippen molar-refractivity contribution in [3.63, 3.8) is 0 Å². The number of carbonyl (C=O) groups is 1. The van der Waals surface area contributed by atoms with Gasteiger partial charge in [0.25, 0.3) is 0 Å². The third-order valence-corrected chi connectivity index (χ3v) is 1.60. The van der Waals surface area contributed by atoms with Gasteiger partial charge in [-0.3, -0.25) is 10.1 Å². The van der Waals surface area contributed by atoms with E-state index in [9.17, 15) is 19.3 Å². The van der Waals surface area contributed by atoms with E-state index >= 15 is 0 Å². The molecule has 0 aromatic heterocycles. The molecule has 5 nitrogen and oxygen atoms in total. The summed E-state index contributed by atoms with van der Waals surface area (Å²) in [7, 11) is 0. The predicted octanol–water partition coefficient (Wildman–Crippen LogP) is 1.86. The molecule has 1 atom stereocenters. The summed E-state index contributed by atoms with van der Waals surface area (Å²) in [5.41, 5.74) is -0.369. The highest BCUT2D eigenvalue weighted by Crippen LogP contribution is 2.26. The second-order valence-electron chi connectivity index (χ2n) is 2.76. The number of alkyl halides is 1. The number of hydrogen-bond acceptors (Lipinski definition) is 4. The molecule has 0 saturated heterocycles. The van der Waals surface area contributed by atoms with E-state index in [0.717, 1.165) is 6.92 Å². The number of benzene rings is 1. The van der Waals surface area contributed by atoms with Crippen LogP contribution in [0.3, 0.4) is 0 Å². The third kappa shape index (κ3) is 2.73. The van der Waals surface area contributed by atoms with E-state index in [1.807, 2.05) is 0 Å². The van der Waals surface area contributed by atoms with E-state index in [-0.39, 0.29) is 11.4 Å². The van der Waals surface area contributed by atoms with E-state index < -0.39 is 17.1 Å². The Morgan fingerprint density at radius 1 is 1.53 bits per heavy atom. The van der Waals surface area contributed by atoms with Crippen molar-refractivity contribution in [2.45, 2.75) is 13.1 Å². The molecular weight excluding hydrogens is 205 g/mol. The zero-order valence-electron chi connectivity index (χ0n) is 7.84. The minimum absolute atomic E-state index is 0.253. The van der Waals surface area contributed by atoms with Gasteiger partial charge in [0.15, 0.2) is 6.17 Å². The summed E-state index contributed by atoms with van der Waals surface area (Å²) in [6, 6.07) is 5.29. The molecule has 0 saturated carbocycles. The maximum atomic E-state index is 12.5. The fourth-order valence-electron chi connectivity index (χ4n) is 0.884. The van der Waals surface area contributed by atoms with Crippen LogP contribution >= 0.6 is 0 Å². The number of ether oxygens (including phenoxy) is 1. The van der Waals surface area contributed by atoms with Crippen molar-refractivity contribution >= 4 is 11.7 Å². The molecule has 1 aromatic carbocycles. The van der Waals surface area contributed by atoms with Crippen LogP contribution in [0.5, 0.6) is 5.75 Å². The standard InChI is InChI=1S/C9H8FNO4/c1-6(10)9(12)15-8-5-3-2-4-7(8)11(13)14/h2-6H,1H3. The molecule has 1 rings (SSSR count). The number of para-hydroxylation sites is 2. The van der Waals surface area contributed by atoms with E-state index in [4.69, 9.17) is 0 Å². The fraction of sp³-hybridized carbons (Fsp3) is 0.222. The average molecular weight is 213 g/mol. The first kappa shape index (κ1) is 11.1. The quantitative estimate of drug-likeness (QED) is 0.332. The van der Waals surface area contributed by atoms with E-state index in [0.29, 0.717) is 0 Å². The molecule has 0 N–H and O–H groups in total. The van der Waals surface area contributed by atoms with Crippen LogP contribution in [0.25, 0.3) is 0 Å². The molecule has 0 spiro atoms. The molecule has 0 heterocycles. The lowest BCUT2D eigenvalue weighted by Crippen LogP contribution is -2.18. The van der Waals surface area contributed by atoms with Gasteiger partial charge in [0.05, 0.1) is 4.92 Å². The van der Waals surface area contributed by atoms with Crippen molar-refractivity contribution in [3.8, 4) is 5.75 Å².